The third-order valence-corrected chi connectivity index (χ3v) is 4.79. The number of amides is 3. The molecule has 2 N–H and O–H groups in total. The van der Waals surface area contributed by atoms with Crippen LogP contribution in [0.2, 0.25) is 0 Å². The Morgan fingerprint density at radius 1 is 1.14 bits per heavy atom. The summed E-state index contributed by atoms with van der Waals surface area (Å²) in [5.74, 6) is 0.247. The quantitative estimate of drug-likeness (QED) is 0.764. The van der Waals surface area contributed by atoms with E-state index in [9.17, 15) is 14.4 Å². The lowest BCUT2D eigenvalue weighted by Crippen LogP contribution is -2.44. The molecule has 1 fully saturated rings. The Balaban J connectivity index is 1.64. The Hall–Kier alpha value is -2.57. The minimum Gasteiger partial charge on any atom is -0.444 e. The van der Waals surface area contributed by atoms with E-state index in [1.54, 1.807) is 20.8 Å². The number of likely N-dealkylation sites (tertiary alicyclic amines) is 1. The Bertz CT molecular complexity index is 719. The fraction of sp³-hybridized carbons (Fsp3) is 0.591. The molecule has 1 heterocycles. The minimum absolute atomic E-state index is 0.108. The van der Waals surface area contributed by atoms with Crippen LogP contribution in [0.3, 0.4) is 0 Å². The van der Waals surface area contributed by atoms with Crippen molar-refractivity contribution < 1.29 is 19.1 Å². The van der Waals surface area contributed by atoms with Gasteiger partial charge in [-0.15, -0.1) is 0 Å². The molecule has 7 nitrogen and oxygen atoms in total. The molecule has 0 spiro atoms. The van der Waals surface area contributed by atoms with Crippen molar-refractivity contribution in [2.75, 3.05) is 26.2 Å². The van der Waals surface area contributed by atoms with E-state index in [2.05, 4.69) is 10.6 Å². The molecule has 2 rings (SSSR count). The molecule has 1 aromatic carbocycles. The van der Waals surface area contributed by atoms with Gasteiger partial charge >= 0.3 is 6.09 Å². The van der Waals surface area contributed by atoms with Crippen LogP contribution in [0.1, 0.15) is 44.7 Å². The largest absolute Gasteiger partial charge is 0.444 e. The molecule has 7 heteroatoms. The number of alkyl carbamates (subject to hydrolysis) is 1. The molecule has 0 saturated carbocycles. The standard InChI is InChI=1S/C22H33N3O4/c1-16-6-5-7-18(12-16)13-20(27)25-10-8-17(9-11-25)14-23-19(26)15-24-21(28)29-22(2,3)4/h5-7,12,17H,8-11,13-15H2,1-4H3,(H,23,26)(H,24,28). The average Bonchev–Trinajstić information content (AvgIpc) is 2.64. The lowest BCUT2D eigenvalue weighted by Gasteiger charge is -2.32. The van der Waals surface area contributed by atoms with Gasteiger partial charge in [-0.25, -0.2) is 4.79 Å². The van der Waals surface area contributed by atoms with E-state index < -0.39 is 11.7 Å². The lowest BCUT2D eigenvalue weighted by atomic mass is 9.96. The van der Waals surface area contributed by atoms with Gasteiger partial charge in [-0.05, 0) is 52.0 Å². The molecule has 1 aliphatic rings. The molecule has 29 heavy (non-hydrogen) atoms. The highest BCUT2D eigenvalue weighted by atomic mass is 16.6. The molecular formula is C22H33N3O4. The summed E-state index contributed by atoms with van der Waals surface area (Å²) in [6.45, 7) is 9.19. The zero-order chi connectivity index (χ0) is 21.4. The zero-order valence-electron chi connectivity index (χ0n) is 17.9. The van der Waals surface area contributed by atoms with Crippen LogP contribution >= 0.6 is 0 Å². The first-order chi connectivity index (χ1) is 13.6. The van der Waals surface area contributed by atoms with Gasteiger partial charge < -0.3 is 20.3 Å². The van der Waals surface area contributed by atoms with Gasteiger partial charge in [0.2, 0.25) is 11.8 Å². The first kappa shape index (κ1) is 22.7. The third kappa shape index (κ3) is 8.54. The molecule has 0 radical (unpaired) electrons. The van der Waals surface area contributed by atoms with Gasteiger partial charge in [0.15, 0.2) is 0 Å². The SMILES string of the molecule is Cc1cccc(CC(=O)N2CCC(CNC(=O)CNC(=O)OC(C)(C)C)CC2)c1. The number of carbonyl (C=O) groups is 3. The van der Waals surface area contributed by atoms with E-state index in [1.807, 2.05) is 36.1 Å². The van der Waals surface area contributed by atoms with Gasteiger partial charge in [0, 0.05) is 19.6 Å². The summed E-state index contributed by atoms with van der Waals surface area (Å²) in [4.78, 5) is 37.9. The molecule has 1 aliphatic heterocycles. The second-order valence-corrected chi connectivity index (χ2v) is 8.65. The number of carbonyl (C=O) groups excluding carboxylic acids is 3. The minimum atomic E-state index is -0.604. The Kier molecular flexibility index (Phi) is 8.05. The molecule has 0 aromatic heterocycles. The predicted molar refractivity (Wildman–Crippen MR) is 111 cm³/mol. The van der Waals surface area contributed by atoms with Crippen LogP contribution in [0.25, 0.3) is 0 Å². The lowest BCUT2D eigenvalue weighted by molar-refractivity contribution is -0.132. The van der Waals surface area contributed by atoms with Crippen molar-refractivity contribution in [3.05, 3.63) is 35.4 Å². The Labute approximate surface area is 173 Å². The van der Waals surface area contributed by atoms with E-state index in [-0.39, 0.29) is 18.4 Å². The normalized spacial score (nSPS) is 15.0. The van der Waals surface area contributed by atoms with E-state index in [0.717, 1.165) is 24.0 Å². The Morgan fingerprint density at radius 2 is 1.83 bits per heavy atom. The topological polar surface area (TPSA) is 87.7 Å². The van der Waals surface area contributed by atoms with Crippen LogP contribution in [0.5, 0.6) is 0 Å². The van der Waals surface area contributed by atoms with Crippen molar-refractivity contribution in [2.24, 2.45) is 5.92 Å². The highest BCUT2D eigenvalue weighted by molar-refractivity contribution is 5.82. The van der Waals surface area contributed by atoms with Crippen molar-refractivity contribution in [3.8, 4) is 0 Å². The van der Waals surface area contributed by atoms with Crippen LogP contribution in [-0.2, 0) is 20.7 Å². The van der Waals surface area contributed by atoms with Crippen molar-refractivity contribution in [1.29, 1.82) is 0 Å². The predicted octanol–water partition coefficient (Wildman–Crippen LogP) is 2.42. The van der Waals surface area contributed by atoms with Crippen LogP contribution in [-0.4, -0.2) is 54.6 Å². The monoisotopic (exact) mass is 403 g/mol. The zero-order valence-corrected chi connectivity index (χ0v) is 17.9. The Morgan fingerprint density at radius 3 is 2.45 bits per heavy atom. The molecule has 3 amide bonds. The van der Waals surface area contributed by atoms with Crippen molar-refractivity contribution >= 4 is 17.9 Å². The number of piperidine rings is 1. The summed E-state index contributed by atoms with van der Waals surface area (Å²) in [7, 11) is 0. The summed E-state index contributed by atoms with van der Waals surface area (Å²) in [5, 5.41) is 5.30. The van der Waals surface area contributed by atoms with Gasteiger partial charge in [-0.1, -0.05) is 29.8 Å². The number of nitrogens with zero attached hydrogens (tertiary/aromatic N) is 1. The molecule has 0 aliphatic carbocycles. The summed E-state index contributed by atoms with van der Waals surface area (Å²) >= 11 is 0. The van der Waals surface area contributed by atoms with Gasteiger partial charge in [-0.3, -0.25) is 9.59 Å². The number of hydrogen-bond donors (Lipinski definition) is 2. The first-order valence-corrected chi connectivity index (χ1v) is 10.2. The number of aryl methyl sites for hydroxylation is 1. The van der Waals surface area contributed by atoms with Gasteiger partial charge in [0.25, 0.3) is 0 Å². The summed E-state index contributed by atoms with van der Waals surface area (Å²) in [6.07, 6.45) is 1.55. The van der Waals surface area contributed by atoms with Gasteiger partial charge in [0.1, 0.15) is 5.60 Å². The second-order valence-electron chi connectivity index (χ2n) is 8.65. The maximum absolute atomic E-state index is 12.5. The van der Waals surface area contributed by atoms with E-state index in [4.69, 9.17) is 4.74 Å². The van der Waals surface area contributed by atoms with Crippen molar-refractivity contribution in [1.82, 2.24) is 15.5 Å². The van der Waals surface area contributed by atoms with Crippen LogP contribution in [0.4, 0.5) is 4.79 Å². The van der Waals surface area contributed by atoms with Crippen molar-refractivity contribution in [3.63, 3.8) is 0 Å². The molecule has 0 atom stereocenters. The van der Waals surface area contributed by atoms with E-state index in [0.29, 0.717) is 32.0 Å². The second kappa shape index (κ2) is 10.3. The van der Waals surface area contributed by atoms with Gasteiger partial charge in [0.05, 0.1) is 13.0 Å². The fourth-order valence-corrected chi connectivity index (χ4v) is 3.28. The summed E-state index contributed by atoms with van der Waals surface area (Å²) in [5.41, 5.74) is 1.61. The number of hydrogen-bond acceptors (Lipinski definition) is 4. The highest BCUT2D eigenvalue weighted by Crippen LogP contribution is 2.17. The van der Waals surface area contributed by atoms with Crippen LogP contribution in [0, 0.1) is 12.8 Å². The highest BCUT2D eigenvalue weighted by Gasteiger charge is 2.23. The third-order valence-electron chi connectivity index (χ3n) is 4.79. The number of ether oxygens (including phenoxy) is 1. The first-order valence-electron chi connectivity index (χ1n) is 10.2. The maximum Gasteiger partial charge on any atom is 0.408 e. The van der Waals surface area contributed by atoms with E-state index >= 15 is 0 Å². The molecule has 160 valence electrons. The summed E-state index contributed by atoms with van der Waals surface area (Å²) in [6, 6.07) is 8.03. The van der Waals surface area contributed by atoms with E-state index in [1.165, 1.54) is 0 Å². The maximum atomic E-state index is 12.5. The smallest absolute Gasteiger partial charge is 0.408 e. The summed E-state index contributed by atoms with van der Waals surface area (Å²) < 4.78 is 5.10. The van der Waals surface area contributed by atoms with Gasteiger partial charge in [-0.2, -0.15) is 0 Å². The molecule has 1 saturated heterocycles. The van der Waals surface area contributed by atoms with Crippen LogP contribution < -0.4 is 10.6 Å². The number of rotatable bonds is 6. The number of nitrogens with one attached hydrogen (secondary N) is 2. The molecule has 0 bridgehead atoms. The van der Waals surface area contributed by atoms with Crippen molar-refractivity contribution in [2.45, 2.75) is 52.6 Å². The average molecular weight is 404 g/mol. The van der Waals surface area contributed by atoms with Crippen LogP contribution in [0.15, 0.2) is 24.3 Å². The molecule has 0 unspecified atom stereocenters. The molecular weight excluding hydrogens is 370 g/mol. The fourth-order valence-electron chi connectivity index (χ4n) is 3.28. The molecule has 1 aromatic rings. The number of benzene rings is 1.